The van der Waals surface area contributed by atoms with E-state index in [4.69, 9.17) is 0 Å². The summed E-state index contributed by atoms with van der Waals surface area (Å²) in [6, 6.07) is 6.28. The number of anilines is 1. The summed E-state index contributed by atoms with van der Waals surface area (Å²) in [5, 5.41) is 10.2. The summed E-state index contributed by atoms with van der Waals surface area (Å²) in [7, 11) is 0. The van der Waals surface area contributed by atoms with Crippen LogP contribution < -0.4 is 4.90 Å². The van der Waals surface area contributed by atoms with Gasteiger partial charge in [-0.05, 0) is 49.4 Å². The summed E-state index contributed by atoms with van der Waals surface area (Å²) in [4.78, 5) is 2.56. The minimum Gasteiger partial charge on any atom is -0.508 e. The Morgan fingerprint density at radius 3 is 1.77 bits per heavy atom. The van der Waals surface area contributed by atoms with Crippen molar-refractivity contribution in [1.82, 2.24) is 0 Å². The molecule has 0 spiro atoms. The van der Waals surface area contributed by atoms with E-state index in [9.17, 15) is 5.11 Å². The molecule has 0 radical (unpaired) electrons. The average molecular weight is 362 g/mol. The number of unbranched alkanes of at least 4 members (excludes halogenated alkanes) is 9. The first kappa shape index (κ1) is 22.9. The molecule has 0 amide bonds. The molecule has 0 fully saturated rings. The fourth-order valence-corrected chi connectivity index (χ4v) is 3.54. The smallest absolute Gasteiger partial charge is 0.118 e. The summed E-state index contributed by atoms with van der Waals surface area (Å²) in [6.45, 7) is 9.08. The lowest BCUT2D eigenvalue weighted by Crippen LogP contribution is -2.25. The van der Waals surface area contributed by atoms with E-state index in [0.29, 0.717) is 5.75 Å². The number of aryl methyl sites for hydroxylation is 1. The number of phenolic OH excluding ortho intramolecular Hbond substituents is 1. The first-order valence-corrected chi connectivity index (χ1v) is 11.3. The van der Waals surface area contributed by atoms with E-state index in [1.165, 1.54) is 82.7 Å². The zero-order valence-electron chi connectivity index (χ0n) is 17.7. The van der Waals surface area contributed by atoms with Gasteiger partial charge < -0.3 is 10.0 Å². The van der Waals surface area contributed by atoms with Gasteiger partial charge in [-0.3, -0.25) is 0 Å². The van der Waals surface area contributed by atoms with E-state index in [1.54, 1.807) is 0 Å². The van der Waals surface area contributed by atoms with E-state index in [2.05, 4.69) is 37.8 Å². The molecule has 1 aromatic carbocycles. The number of rotatable bonds is 16. The molecule has 0 bridgehead atoms. The zero-order chi connectivity index (χ0) is 19.0. The molecule has 0 heterocycles. The third-order valence-corrected chi connectivity index (χ3v) is 5.29. The Kier molecular flexibility index (Phi) is 13.1. The summed E-state index contributed by atoms with van der Waals surface area (Å²) in [6.07, 6.45) is 16.4. The average Bonchev–Trinajstić information content (AvgIpc) is 2.65. The van der Waals surface area contributed by atoms with E-state index in [1.807, 2.05) is 6.07 Å². The number of hydrogen-bond donors (Lipinski definition) is 1. The van der Waals surface area contributed by atoms with Gasteiger partial charge in [-0.15, -0.1) is 0 Å². The minimum absolute atomic E-state index is 0.474. The summed E-state index contributed by atoms with van der Waals surface area (Å²) < 4.78 is 0. The maximum absolute atomic E-state index is 10.2. The van der Waals surface area contributed by atoms with Gasteiger partial charge in [0.1, 0.15) is 5.75 Å². The minimum atomic E-state index is 0.474. The molecule has 0 saturated heterocycles. The lowest BCUT2D eigenvalue weighted by Gasteiger charge is -2.26. The molecule has 150 valence electrons. The second kappa shape index (κ2) is 14.9. The highest BCUT2D eigenvalue weighted by molar-refractivity contribution is 5.53. The lowest BCUT2D eigenvalue weighted by atomic mass is 10.0. The molecule has 0 aliphatic carbocycles. The normalized spacial score (nSPS) is 11.0. The monoisotopic (exact) mass is 361 g/mol. The second-order valence-corrected chi connectivity index (χ2v) is 7.73. The Labute approximate surface area is 163 Å². The van der Waals surface area contributed by atoms with Gasteiger partial charge in [0.05, 0.1) is 0 Å². The Bertz CT molecular complexity index is 446. The third kappa shape index (κ3) is 9.50. The van der Waals surface area contributed by atoms with Gasteiger partial charge in [-0.25, -0.2) is 0 Å². The predicted molar refractivity (Wildman–Crippen MR) is 116 cm³/mol. The van der Waals surface area contributed by atoms with Crippen molar-refractivity contribution >= 4 is 5.69 Å². The maximum Gasteiger partial charge on any atom is 0.118 e. The molecule has 2 heteroatoms. The molecule has 26 heavy (non-hydrogen) atoms. The van der Waals surface area contributed by atoms with Crippen LogP contribution in [0, 0.1) is 0 Å². The Morgan fingerprint density at radius 1 is 0.692 bits per heavy atom. The van der Waals surface area contributed by atoms with Gasteiger partial charge >= 0.3 is 0 Å². The van der Waals surface area contributed by atoms with Crippen LogP contribution in [0.2, 0.25) is 0 Å². The third-order valence-electron chi connectivity index (χ3n) is 5.29. The van der Waals surface area contributed by atoms with Crippen molar-refractivity contribution in [2.75, 3.05) is 18.0 Å². The van der Waals surface area contributed by atoms with Crippen molar-refractivity contribution in [2.45, 2.75) is 104 Å². The highest BCUT2D eigenvalue weighted by Crippen LogP contribution is 2.27. The first-order valence-electron chi connectivity index (χ1n) is 11.3. The Hall–Kier alpha value is -1.18. The largest absolute Gasteiger partial charge is 0.508 e. The van der Waals surface area contributed by atoms with E-state index in [-0.39, 0.29) is 0 Å². The van der Waals surface area contributed by atoms with Crippen LogP contribution in [0.3, 0.4) is 0 Å². The molecule has 0 aliphatic rings. The second-order valence-electron chi connectivity index (χ2n) is 7.73. The first-order chi connectivity index (χ1) is 12.7. The van der Waals surface area contributed by atoms with E-state index < -0.39 is 0 Å². The molecule has 1 rings (SSSR count). The number of benzene rings is 1. The number of aromatic hydroxyl groups is 1. The van der Waals surface area contributed by atoms with Crippen molar-refractivity contribution in [2.24, 2.45) is 0 Å². The quantitative estimate of drug-likeness (QED) is 0.308. The Balaban J connectivity index is 2.68. The van der Waals surface area contributed by atoms with Crippen molar-refractivity contribution in [1.29, 1.82) is 0 Å². The number of nitrogens with zero attached hydrogens (tertiary/aromatic N) is 1. The summed E-state index contributed by atoms with van der Waals surface area (Å²) >= 11 is 0. The van der Waals surface area contributed by atoms with Crippen LogP contribution in [0.15, 0.2) is 18.2 Å². The maximum atomic E-state index is 10.2. The van der Waals surface area contributed by atoms with Crippen LogP contribution in [0.25, 0.3) is 0 Å². The lowest BCUT2D eigenvalue weighted by molar-refractivity contribution is 0.466. The molecule has 0 unspecified atom stereocenters. The van der Waals surface area contributed by atoms with Gasteiger partial charge in [0, 0.05) is 18.8 Å². The van der Waals surface area contributed by atoms with Gasteiger partial charge in [-0.1, -0.05) is 78.6 Å². The van der Waals surface area contributed by atoms with Crippen LogP contribution in [-0.4, -0.2) is 18.2 Å². The molecule has 0 aromatic heterocycles. The molecule has 1 aromatic rings. The molecule has 1 N–H and O–H groups in total. The van der Waals surface area contributed by atoms with Crippen LogP contribution in [-0.2, 0) is 6.42 Å². The zero-order valence-corrected chi connectivity index (χ0v) is 17.7. The van der Waals surface area contributed by atoms with Crippen LogP contribution in [0.4, 0.5) is 5.69 Å². The van der Waals surface area contributed by atoms with Gasteiger partial charge in [0.2, 0.25) is 0 Å². The topological polar surface area (TPSA) is 23.5 Å². The van der Waals surface area contributed by atoms with E-state index in [0.717, 1.165) is 25.1 Å². The van der Waals surface area contributed by atoms with Crippen molar-refractivity contribution in [3.63, 3.8) is 0 Å². The predicted octanol–water partition coefficient (Wildman–Crippen LogP) is 7.48. The molecular weight excluding hydrogens is 318 g/mol. The van der Waals surface area contributed by atoms with Crippen LogP contribution in [0.5, 0.6) is 5.75 Å². The van der Waals surface area contributed by atoms with Crippen LogP contribution in [0.1, 0.15) is 103 Å². The molecular formula is C24H43NO. The molecule has 0 aliphatic heterocycles. The molecule has 0 saturated carbocycles. The highest BCUT2D eigenvalue weighted by atomic mass is 16.3. The SMILES string of the molecule is CCCCCCc1cc(N(CCCCCC)CCCCCC)ccc1O. The Morgan fingerprint density at radius 2 is 1.23 bits per heavy atom. The fourth-order valence-electron chi connectivity index (χ4n) is 3.54. The van der Waals surface area contributed by atoms with E-state index >= 15 is 0 Å². The van der Waals surface area contributed by atoms with Gasteiger partial charge in [0.25, 0.3) is 0 Å². The molecule has 0 atom stereocenters. The number of hydrogen-bond acceptors (Lipinski definition) is 2. The van der Waals surface area contributed by atoms with Crippen molar-refractivity contribution < 1.29 is 5.11 Å². The summed E-state index contributed by atoms with van der Waals surface area (Å²) in [5.74, 6) is 0.474. The summed E-state index contributed by atoms with van der Waals surface area (Å²) in [5.41, 5.74) is 2.44. The number of phenols is 1. The van der Waals surface area contributed by atoms with Gasteiger partial charge in [-0.2, -0.15) is 0 Å². The van der Waals surface area contributed by atoms with Crippen molar-refractivity contribution in [3.8, 4) is 5.75 Å². The van der Waals surface area contributed by atoms with Crippen molar-refractivity contribution in [3.05, 3.63) is 23.8 Å². The highest BCUT2D eigenvalue weighted by Gasteiger charge is 2.10. The fraction of sp³-hybridized carbons (Fsp3) is 0.750. The van der Waals surface area contributed by atoms with Crippen LogP contribution >= 0.6 is 0 Å². The standard InChI is InChI=1S/C24H43NO/c1-4-7-10-13-16-22-21-23(17-18-24(22)26)25(19-14-11-8-5-2)20-15-12-9-6-3/h17-18,21,26H,4-16,19-20H2,1-3H3. The van der Waals surface area contributed by atoms with Gasteiger partial charge in [0.15, 0.2) is 0 Å². The molecule has 2 nitrogen and oxygen atoms in total.